The smallest absolute Gasteiger partial charge is 0.319 e. The molecular weight excluding hydrogens is 282 g/mol. The number of aromatic nitrogens is 3. The van der Waals surface area contributed by atoms with Gasteiger partial charge in [-0.3, -0.25) is 5.10 Å². The molecule has 3 N–H and O–H groups in total. The highest BCUT2D eigenvalue weighted by Gasteiger charge is 2.10. The summed E-state index contributed by atoms with van der Waals surface area (Å²) < 4.78 is 5.25. The molecule has 0 aliphatic rings. The van der Waals surface area contributed by atoms with Crippen LogP contribution in [0.25, 0.3) is 0 Å². The average molecular weight is 303 g/mol. The zero-order valence-electron chi connectivity index (χ0n) is 13.0. The number of urea groups is 1. The first-order valence-corrected chi connectivity index (χ1v) is 7.24. The second-order valence-corrected chi connectivity index (χ2v) is 5.06. The Balaban J connectivity index is 1.81. The number of H-pyrrole nitrogens is 1. The molecule has 2 aromatic rings. The molecule has 0 unspecified atom stereocenters. The number of amides is 2. The van der Waals surface area contributed by atoms with Crippen molar-refractivity contribution in [3.63, 3.8) is 0 Å². The first-order chi connectivity index (χ1) is 10.6. The first kappa shape index (κ1) is 15.8. The molecule has 1 atom stereocenters. The normalized spacial score (nSPS) is 11.8. The Kier molecular flexibility index (Phi) is 5.35. The molecule has 2 heterocycles. The number of anilines is 1. The molecule has 0 aromatic carbocycles. The Morgan fingerprint density at radius 2 is 2.27 bits per heavy atom. The molecule has 7 nitrogen and oxygen atoms in total. The molecule has 7 heteroatoms. The largest absolute Gasteiger partial charge is 0.478 e. The molecule has 0 aliphatic carbocycles. The van der Waals surface area contributed by atoms with Crippen LogP contribution < -0.4 is 15.4 Å². The van der Waals surface area contributed by atoms with Gasteiger partial charge in [0.2, 0.25) is 5.88 Å². The van der Waals surface area contributed by atoms with Crippen molar-refractivity contribution < 1.29 is 9.53 Å². The highest BCUT2D eigenvalue weighted by atomic mass is 16.5. The molecule has 118 valence electrons. The van der Waals surface area contributed by atoms with E-state index in [4.69, 9.17) is 4.74 Å². The maximum absolute atomic E-state index is 11.9. The number of aryl methyl sites for hydroxylation is 1. The van der Waals surface area contributed by atoms with Crippen LogP contribution in [-0.2, 0) is 6.42 Å². The van der Waals surface area contributed by atoms with E-state index < -0.39 is 0 Å². The van der Waals surface area contributed by atoms with E-state index in [9.17, 15) is 4.79 Å². The lowest BCUT2D eigenvalue weighted by atomic mass is 10.2. The molecule has 0 radical (unpaired) electrons. The number of aromatic amines is 1. The lowest BCUT2D eigenvalue weighted by molar-refractivity contribution is 0.249. The van der Waals surface area contributed by atoms with E-state index >= 15 is 0 Å². The molecular formula is C15H21N5O2. The second-order valence-electron chi connectivity index (χ2n) is 5.06. The van der Waals surface area contributed by atoms with E-state index in [-0.39, 0.29) is 12.1 Å². The number of ether oxygens (including phenoxy) is 1. The highest BCUT2D eigenvalue weighted by Crippen LogP contribution is 2.11. The number of carbonyl (C=O) groups is 1. The van der Waals surface area contributed by atoms with Crippen molar-refractivity contribution in [1.82, 2.24) is 20.5 Å². The molecule has 0 spiro atoms. The standard InChI is InChI=1S/C15H21N5O2/c1-4-22-14-6-5-12(9-16-14)18-15(21)17-10(2)7-13-8-11(3)19-20-13/h5-6,8-10H,4,7H2,1-3H3,(H,19,20)(H2,17,18,21)/t10-/m0/s1. The maximum Gasteiger partial charge on any atom is 0.319 e. The van der Waals surface area contributed by atoms with Gasteiger partial charge in [0.1, 0.15) is 0 Å². The summed E-state index contributed by atoms with van der Waals surface area (Å²) in [5.74, 6) is 0.538. The predicted molar refractivity (Wildman–Crippen MR) is 84.1 cm³/mol. The van der Waals surface area contributed by atoms with Gasteiger partial charge in [0.15, 0.2) is 0 Å². The third-order valence-corrected chi connectivity index (χ3v) is 2.94. The molecule has 22 heavy (non-hydrogen) atoms. The number of nitrogens with one attached hydrogen (secondary N) is 3. The molecule has 0 saturated heterocycles. The summed E-state index contributed by atoms with van der Waals surface area (Å²) in [5.41, 5.74) is 2.55. The zero-order valence-corrected chi connectivity index (χ0v) is 13.0. The Morgan fingerprint density at radius 3 is 2.86 bits per heavy atom. The summed E-state index contributed by atoms with van der Waals surface area (Å²) in [4.78, 5) is 16.0. The predicted octanol–water partition coefficient (Wildman–Crippen LogP) is 2.26. The number of hydrogen-bond acceptors (Lipinski definition) is 4. The topological polar surface area (TPSA) is 91.9 Å². The highest BCUT2D eigenvalue weighted by molar-refractivity contribution is 5.89. The zero-order chi connectivity index (χ0) is 15.9. The Hall–Kier alpha value is -2.57. The van der Waals surface area contributed by atoms with Crippen molar-refractivity contribution >= 4 is 11.7 Å². The van der Waals surface area contributed by atoms with Gasteiger partial charge < -0.3 is 15.4 Å². The minimum Gasteiger partial charge on any atom is -0.478 e. The van der Waals surface area contributed by atoms with Crippen LogP contribution in [0.15, 0.2) is 24.4 Å². The van der Waals surface area contributed by atoms with E-state index in [1.165, 1.54) is 0 Å². The molecule has 2 aromatic heterocycles. The lowest BCUT2D eigenvalue weighted by Crippen LogP contribution is -2.37. The van der Waals surface area contributed by atoms with Gasteiger partial charge in [0.05, 0.1) is 24.2 Å². The van der Waals surface area contributed by atoms with Crippen molar-refractivity contribution in [3.05, 3.63) is 35.8 Å². The number of hydrogen-bond donors (Lipinski definition) is 3. The summed E-state index contributed by atoms with van der Waals surface area (Å²) in [6.07, 6.45) is 2.23. The molecule has 0 saturated carbocycles. The SMILES string of the molecule is CCOc1ccc(NC(=O)N[C@@H](C)Cc2cc(C)[nH]n2)cn1. The molecule has 0 bridgehead atoms. The van der Waals surface area contributed by atoms with Crippen LogP contribution in [0.3, 0.4) is 0 Å². The van der Waals surface area contributed by atoms with Gasteiger partial charge >= 0.3 is 6.03 Å². The van der Waals surface area contributed by atoms with E-state index in [0.717, 1.165) is 11.4 Å². The van der Waals surface area contributed by atoms with Gasteiger partial charge in [-0.15, -0.1) is 0 Å². The summed E-state index contributed by atoms with van der Waals surface area (Å²) in [7, 11) is 0. The third-order valence-electron chi connectivity index (χ3n) is 2.94. The van der Waals surface area contributed by atoms with E-state index in [0.29, 0.717) is 24.6 Å². The van der Waals surface area contributed by atoms with Crippen LogP contribution in [0.4, 0.5) is 10.5 Å². The average Bonchev–Trinajstić information content (AvgIpc) is 2.86. The quantitative estimate of drug-likeness (QED) is 0.763. The third kappa shape index (κ3) is 4.76. The Labute approximate surface area is 129 Å². The van der Waals surface area contributed by atoms with Crippen LogP contribution in [0.5, 0.6) is 5.88 Å². The first-order valence-electron chi connectivity index (χ1n) is 7.24. The van der Waals surface area contributed by atoms with Crippen LogP contribution in [0.2, 0.25) is 0 Å². The van der Waals surface area contributed by atoms with Crippen molar-refractivity contribution in [3.8, 4) is 5.88 Å². The van der Waals surface area contributed by atoms with Crippen LogP contribution >= 0.6 is 0 Å². The molecule has 2 rings (SSSR count). The van der Waals surface area contributed by atoms with Gasteiger partial charge in [-0.2, -0.15) is 5.10 Å². The fourth-order valence-electron chi connectivity index (χ4n) is 2.02. The summed E-state index contributed by atoms with van der Waals surface area (Å²) >= 11 is 0. The van der Waals surface area contributed by atoms with E-state index in [1.54, 1.807) is 18.3 Å². The number of carbonyl (C=O) groups excluding carboxylic acids is 1. The van der Waals surface area contributed by atoms with Crippen LogP contribution in [0, 0.1) is 6.92 Å². The monoisotopic (exact) mass is 303 g/mol. The summed E-state index contributed by atoms with van der Waals surface area (Å²) in [6.45, 7) is 6.33. The van der Waals surface area contributed by atoms with Gasteiger partial charge in [-0.05, 0) is 32.9 Å². The van der Waals surface area contributed by atoms with E-state index in [2.05, 4.69) is 25.8 Å². The molecule has 0 aliphatic heterocycles. The van der Waals surface area contributed by atoms with E-state index in [1.807, 2.05) is 26.8 Å². The number of rotatable bonds is 6. The second kappa shape index (κ2) is 7.44. The summed E-state index contributed by atoms with van der Waals surface area (Å²) in [5, 5.41) is 12.6. The Bertz CT molecular complexity index is 609. The lowest BCUT2D eigenvalue weighted by Gasteiger charge is -2.13. The van der Waals surface area contributed by atoms with Crippen molar-refractivity contribution in [1.29, 1.82) is 0 Å². The van der Waals surface area contributed by atoms with Gasteiger partial charge in [0.25, 0.3) is 0 Å². The van der Waals surface area contributed by atoms with Gasteiger partial charge in [-0.1, -0.05) is 0 Å². The Morgan fingerprint density at radius 1 is 1.45 bits per heavy atom. The van der Waals surface area contributed by atoms with Crippen molar-refractivity contribution in [2.24, 2.45) is 0 Å². The van der Waals surface area contributed by atoms with Crippen LogP contribution in [-0.4, -0.2) is 33.9 Å². The van der Waals surface area contributed by atoms with Crippen LogP contribution in [0.1, 0.15) is 25.2 Å². The number of pyridine rings is 1. The van der Waals surface area contributed by atoms with Crippen molar-refractivity contribution in [2.75, 3.05) is 11.9 Å². The van der Waals surface area contributed by atoms with Gasteiger partial charge in [-0.25, -0.2) is 9.78 Å². The van der Waals surface area contributed by atoms with Crippen molar-refractivity contribution in [2.45, 2.75) is 33.2 Å². The minimum atomic E-state index is -0.272. The fourth-order valence-corrected chi connectivity index (χ4v) is 2.02. The maximum atomic E-state index is 11.9. The molecule has 0 fully saturated rings. The molecule has 2 amide bonds. The fraction of sp³-hybridized carbons (Fsp3) is 0.400. The minimum absolute atomic E-state index is 0.0293. The van der Waals surface area contributed by atoms with Gasteiger partial charge in [0, 0.05) is 24.2 Å². The summed E-state index contributed by atoms with van der Waals surface area (Å²) in [6, 6.07) is 5.13. The number of nitrogens with zero attached hydrogens (tertiary/aromatic N) is 2.